The predicted molar refractivity (Wildman–Crippen MR) is 138 cm³/mol. The average Bonchev–Trinajstić information content (AvgIpc) is 3.23. The zero-order chi connectivity index (χ0) is 24.9. The third kappa shape index (κ3) is 4.77. The number of benzene rings is 4. The Balaban J connectivity index is 1.30. The minimum Gasteiger partial charge on any atom is -0.449 e. The maximum absolute atomic E-state index is 12.8. The summed E-state index contributed by atoms with van der Waals surface area (Å²) in [7, 11) is 0. The summed E-state index contributed by atoms with van der Waals surface area (Å²) in [6.45, 7) is 0.0157. The van der Waals surface area contributed by atoms with Crippen molar-refractivity contribution < 1.29 is 14.3 Å². The molecule has 4 aromatic carbocycles. The summed E-state index contributed by atoms with van der Waals surface area (Å²) >= 11 is 0. The molecule has 2 amide bonds. The molecule has 1 aliphatic carbocycles. The summed E-state index contributed by atoms with van der Waals surface area (Å²) in [5.74, 6) is -0.507. The Morgan fingerprint density at radius 2 is 1.50 bits per heavy atom. The van der Waals surface area contributed by atoms with Crippen LogP contribution < -0.4 is 10.6 Å². The van der Waals surface area contributed by atoms with Crippen molar-refractivity contribution in [1.82, 2.24) is 10.6 Å². The summed E-state index contributed by atoms with van der Waals surface area (Å²) in [5, 5.41) is 16.3. The maximum atomic E-state index is 12.8. The molecule has 1 atom stereocenters. The molecule has 1 unspecified atom stereocenters. The number of rotatable bonds is 7. The standard InChI is InChI=1S/C30H25N3O3/c31-15-16-32-29(34)28(18-20-13-14-21-7-1-2-8-22(21)17-20)33-30(35)36-19-27-25-11-5-3-9-23(25)24-10-4-6-12-26(24)27/h1-14,17,27-28H,16,18-19H2,(H,32,34)(H,33,35). The van der Waals surface area contributed by atoms with Crippen LogP contribution in [0, 0.1) is 11.3 Å². The van der Waals surface area contributed by atoms with Crippen molar-refractivity contribution in [2.45, 2.75) is 18.4 Å². The van der Waals surface area contributed by atoms with Crippen LogP contribution in [-0.4, -0.2) is 31.2 Å². The normalized spacial score (nSPS) is 12.8. The molecule has 0 saturated carbocycles. The van der Waals surface area contributed by atoms with Crippen LogP contribution in [0.1, 0.15) is 22.6 Å². The number of nitriles is 1. The second-order valence-electron chi connectivity index (χ2n) is 8.78. The highest BCUT2D eigenvalue weighted by molar-refractivity contribution is 5.87. The zero-order valence-electron chi connectivity index (χ0n) is 19.6. The molecule has 36 heavy (non-hydrogen) atoms. The highest BCUT2D eigenvalue weighted by Crippen LogP contribution is 2.44. The Morgan fingerprint density at radius 3 is 2.19 bits per heavy atom. The zero-order valence-corrected chi connectivity index (χ0v) is 19.6. The lowest BCUT2D eigenvalue weighted by Gasteiger charge is -2.19. The van der Waals surface area contributed by atoms with Gasteiger partial charge in [0, 0.05) is 12.3 Å². The minimum atomic E-state index is -0.879. The van der Waals surface area contributed by atoms with Gasteiger partial charge in [0.15, 0.2) is 0 Å². The van der Waals surface area contributed by atoms with Crippen molar-refractivity contribution >= 4 is 22.8 Å². The molecule has 0 bridgehead atoms. The average molecular weight is 476 g/mol. The van der Waals surface area contributed by atoms with Gasteiger partial charge in [-0.1, -0.05) is 91.0 Å². The van der Waals surface area contributed by atoms with E-state index in [1.807, 2.05) is 72.8 Å². The number of carbonyl (C=O) groups excluding carboxylic acids is 2. The molecule has 178 valence electrons. The molecule has 0 fully saturated rings. The van der Waals surface area contributed by atoms with E-state index in [-0.39, 0.29) is 25.5 Å². The molecule has 0 heterocycles. The Labute approximate surface area is 209 Å². The van der Waals surface area contributed by atoms with E-state index < -0.39 is 18.0 Å². The molecule has 0 saturated heterocycles. The van der Waals surface area contributed by atoms with Gasteiger partial charge in [-0.2, -0.15) is 5.26 Å². The van der Waals surface area contributed by atoms with Gasteiger partial charge in [-0.3, -0.25) is 4.79 Å². The number of ether oxygens (including phenoxy) is 1. The highest BCUT2D eigenvalue weighted by Gasteiger charge is 2.29. The van der Waals surface area contributed by atoms with Crippen LogP contribution in [0.25, 0.3) is 21.9 Å². The number of nitrogens with zero attached hydrogens (tertiary/aromatic N) is 1. The second kappa shape index (κ2) is 10.3. The van der Waals surface area contributed by atoms with E-state index in [0.29, 0.717) is 0 Å². The van der Waals surface area contributed by atoms with Crippen LogP contribution in [0.15, 0.2) is 91.0 Å². The van der Waals surface area contributed by atoms with Gasteiger partial charge in [0.1, 0.15) is 19.2 Å². The summed E-state index contributed by atoms with van der Waals surface area (Å²) < 4.78 is 5.64. The maximum Gasteiger partial charge on any atom is 0.407 e. The van der Waals surface area contributed by atoms with Gasteiger partial charge in [0.25, 0.3) is 0 Å². The summed E-state index contributed by atoms with van der Waals surface area (Å²) in [6, 6.07) is 31.1. The fraction of sp³-hybridized carbons (Fsp3) is 0.167. The number of fused-ring (bicyclic) bond motifs is 4. The number of amides is 2. The van der Waals surface area contributed by atoms with Gasteiger partial charge in [-0.05, 0) is 38.6 Å². The molecule has 1 aliphatic rings. The first-order chi connectivity index (χ1) is 17.6. The van der Waals surface area contributed by atoms with E-state index in [1.54, 1.807) is 0 Å². The summed E-state index contributed by atoms with van der Waals surface area (Å²) in [6.07, 6.45) is -0.401. The number of hydrogen-bond acceptors (Lipinski definition) is 4. The molecular formula is C30H25N3O3. The smallest absolute Gasteiger partial charge is 0.407 e. The van der Waals surface area contributed by atoms with Gasteiger partial charge in [0.2, 0.25) is 5.91 Å². The molecule has 5 rings (SSSR count). The van der Waals surface area contributed by atoms with Crippen molar-refractivity contribution in [2.24, 2.45) is 0 Å². The van der Waals surface area contributed by atoms with Gasteiger partial charge in [0.05, 0.1) is 6.07 Å². The molecule has 2 N–H and O–H groups in total. The largest absolute Gasteiger partial charge is 0.449 e. The minimum absolute atomic E-state index is 0.0745. The lowest BCUT2D eigenvalue weighted by atomic mass is 9.98. The molecule has 6 heteroatoms. The van der Waals surface area contributed by atoms with Crippen LogP contribution in [0.5, 0.6) is 0 Å². The van der Waals surface area contributed by atoms with Gasteiger partial charge in [-0.25, -0.2) is 4.79 Å². The SMILES string of the molecule is N#CCNC(=O)C(Cc1ccc2ccccc2c1)NC(=O)OCC1c2ccccc2-c2ccccc21. The third-order valence-corrected chi connectivity index (χ3v) is 6.55. The molecule has 6 nitrogen and oxygen atoms in total. The van der Waals surface area contributed by atoms with Crippen molar-refractivity contribution in [3.8, 4) is 17.2 Å². The van der Waals surface area contributed by atoms with Gasteiger partial charge in [-0.15, -0.1) is 0 Å². The fourth-order valence-corrected chi connectivity index (χ4v) is 4.84. The Hall–Kier alpha value is -4.63. The van der Waals surface area contributed by atoms with Crippen LogP contribution in [0.2, 0.25) is 0 Å². The Kier molecular flexibility index (Phi) is 6.63. The quantitative estimate of drug-likeness (QED) is 0.371. The van der Waals surface area contributed by atoms with E-state index in [2.05, 4.69) is 34.9 Å². The van der Waals surface area contributed by atoms with E-state index in [1.165, 1.54) is 0 Å². The van der Waals surface area contributed by atoms with Crippen molar-refractivity contribution in [3.05, 3.63) is 108 Å². The molecular weight excluding hydrogens is 450 g/mol. The molecule has 0 radical (unpaired) electrons. The molecule has 0 spiro atoms. The molecule has 0 aromatic heterocycles. The van der Waals surface area contributed by atoms with Gasteiger partial charge >= 0.3 is 6.09 Å². The van der Waals surface area contributed by atoms with Crippen LogP contribution in [0.4, 0.5) is 4.79 Å². The monoisotopic (exact) mass is 475 g/mol. The molecule has 4 aromatic rings. The van der Waals surface area contributed by atoms with E-state index in [0.717, 1.165) is 38.6 Å². The fourth-order valence-electron chi connectivity index (χ4n) is 4.84. The van der Waals surface area contributed by atoms with Crippen LogP contribution >= 0.6 is 0 Å². The van der Waals surface area contributed by atoms with Crippen molar-refractivity contribution in [3.63, 3.8) is 0 Å². The third-order valence-electron chi connectivity index (χ3n) is 6.55. The first kappa shape index (κ1) is 23.1. The predicted octanol–water partition coefficient (Wildman–Crippen LogP) is 4.93. The summed E-state index contributed by atoms with van der Waals surface area (Å²) in [5.41, 5.74) is 5.42. The lowest BCUT2D eigenvalue weighted by molar-refractivity contribution is -0.122. The summed E-state index contributed by atoms with van der Waals surface area (Å²) in [4.78, 5) is 25.6. The van der Waals surface area contributed by atoms with Crippen LogP contribution in [0.3, 0.4) is 0 Å². The van der Waals surface area contributed by atoms with Gasteiger partial charge < -0.3 is 15.4 Å². The topological polar surface area (TPSA) is 91.2 Å². The lowest BCUT2D eigenvalue weighted by Crippen LogP contribution is -2.48. The number of hydrogen-bond donors (Lipinski definition) is 2. The second-order valence-corrected chi connectivity index (χ2v) is 8.78. The van der Waals surface area contributed by atoms with Crippen molar-refractivity contribution in [2.75, 3.05) is 13.2 Å². The number of nitrogens with one attached hydrogen (secondary N) is 2. The molecule has 0 aliphatic heterocycles. The highest BCUT2D eigenvalue weighted by atomic mass is 16.5. The van der Waals surface area contributed by atoms with Crippen molar-refractivity contribution in [1.29, 1.82) is 5.26 Å². The Bertz CT molecular complexity index is 1430. The number of alkyl carbamates (subject to hydrolysis) is 1. The van der Waals surface area contributed by atoms with E-state index in [4.69, 9.17) is 10.00 Å². The first-order valence-corrected chi connectivity index (χ1v) is 11.9. The van der Waals surface area contributed by atoms with Crippen LogP contribution in [-0.2, 0) is 16.0 Å². The van der Waals surface area contributed by atoms with E-state index in [9.17, 15) is 9.59 Å². The Morgan fingerprint density at radius 1 is 0.861 bits per heavy atom. The first-order valence-electron chi connectivity index (χ1n) is 11.9. The number of carbonyl (C=O) groups is 2. The van der Waals surface area contributed by atoms with E-state index >= 15 is 0 Å².